The molecule has 3 nitrogen and oxygen atoms in total. The molecule has 0 N–H and O–H groups in total. The number of carbonyl (C=O) groups excluding carboxylic acids is 1. The minimum Gasteiger partial charge on any atom is -0.457 e. The highest BCUT2D eigenvalue weighted by Gasteiger charge is 2.21. The van der Waals surface area contributed by atoms with Crippen LogP contribution in [0.2, 0.25) is 0 Å². The van der Waals surface area contributed by atoms with Crippen molar-refractivity contribution in [1.29, 1.82) is 0 Å². The summed E-state index contributed by atoms with van der Waals surface area (Å²) < 4.78 is 5.72. The van der Waals surface area contributed by atoms with E-state index in [0.717, 1.165) is 30.2 Å². The lowest BCUT2D eigenvalue weighted by Crippen LogP contribution is -2.23. The van der Waals surface area contributed by atoms with Crippen molar-refractivity contribution in [3.8, 4) is 11.5 Å². The molecule has 0 saturated carbocycles. The predicted molar refractivity (Wildman–Crippen MR) is 74.5 cm³/mol. The van der Waals surface area contributed by atoms with Crippen molar-refractivity contribution in [2.75, 3.05) is 11.4 Å². The molecule has 0 aromatic heterocycles. The molecule has 1 amide bonds. The van der Waals surface area contributed by atoms with Crippen LogP contribution in [0.5, 0.6) is 11.5 Å². The van der Waals surface area contributed by atoms with E-state index in [1.165, 1.54) is 0 Å². The van der Waals surface area contributed by atoms with E-state index in [2.05, 4.69) is 0 Å². The van der Waals surface area contributed by atoms with Gasteiger partial charge in [0, 0.05) is 18.7 Å². The van der Waals surface area contributed by atoms with Crippen molar-refractivity contribution in [2.24, 2.45) is 0 Å². The first-order chi connectivity index (χ1) is 9.33. The van der Waals surface area contributed by atoms with E-state index in [4.69, 9.17) is 4.74 Å². The number of rotatable bonds is 3. The maximum absolute atomic E-state index is 11.6. The summed E-state index contributed by atoms with van der Waals surface area (Å²) in [5.74, 6) is 1.80. The van der Waals surface area contributed by atoms with E-state index in [0.29, 0.717) is 6.42 Å². The van der Waals surface area contributed by atoms with E-state index in [1.807, 2.05) is 59.5 Å². The topological polar surface area (TPSA) is 29.5 Å². The molecule has 1 saturated heterocycles. The number of nitrogens with zero attached hydrogens (tertiary/aromatic N) is 1. The van der Waals surface area contributed by atoms with Crippen LogP contribution in [0.3, 0.4) is 0 Å². The predicted octanol–water partition coefficient (Wildman–Crippen LogP) is 3.61. The molecule has 0 bridgehead atoms. The Balaban J connectivity index is 1.74. The van der Waals surface area contributed by atoms with Gasteiger partial charge in [0.2, 0.25) is 5.91 Å². The Hall–Kier alpha value is -2.29. The fourth-order valence-corrected chi connectivity index (χ4v) is 2.24. The number of para-hydroxylation sites is 1. The van der Waals surface area contributed by atoms with Gasteiger partial charge in [-0.25, -0.2) is 0 Å². The van der Waals surface area contributed by atoms with Crippen molar-refractivity contribution in [3.63, 3.8) is 0 Å². The molecule has 1 fully saturated rings. The molecular weight excluding hydrogens is 238 g/mol. The van der Waals surface area contributed by atoms with Crippen LogP contribution in [0.15, 0.2) is 54.6 Å². The fraction of sp³-hybridized carbons (Fsp3) is 0.188. The van der Waals surface area contributed by atoms with Crippen LogP contribution < -0.4 is 9.64 Å². The Morgan fingerprint density at radius 3 is 2.21 bits per heavy atom. The fourth-order valence-electron chi connectivity index (χ4n) is 2.24. The van der Waals surface area contributed by atoms with Gasteiger partial charge in [-0.05, 0) is 42.8 Å². The molecule has 0 radical (unpaired) electrons. The molecule has 3 heteroatoms. The van der Waals surface area contributed by atoms with Crippen molar-refractivity contribution < 1.29 is 9.53 Å². The number of hydrogen-bond acceptors (Lipinski definition) is 2. The third kappa shape index (κ3) is 2.60. The molecule has 2 aromatic rings. The van der Waals surface area contributed by atoms with Gasteiger partial charge in [-0.2, -0.15) is 0 Å². The van der Waals surface area contributed by atoms with Crippen LogP contribution in [0.4, 0.5) is 5.69 Å². The van der Waals surface area contributed by atoms with Gasteiger partial charge < -0.3 is 9.64 Å². The first-order valence-corrected chi connectivity index (χ1v) is 6.46. The summed E-state index contributed by atoms with van der Waals surface area (Å²) in [7, 11) is 0. The lowest BCUT2D eigenvalue weighted by atomic mass is 10.2. The lowest BCUT2D eigenvalue weighted by Gasteiger charge is -2.16. The van der Waals surface area contributed by atoms with Crippen LogP contribution >= 0.6 is 0 Å². The van der Waals surface area contributed by atoms with Crippen LogP contribution in [-0.2, 0) is 4.79 Å². The molecule has 2 aromatic carbocycles. The maximum atomic E-state index is 11.6. The molecule has 96 valence electrons. The number of amides is 1. The summed E-state index contributed by atoms with van der Waals surface area (Å²) in [5, 5.41) is 0. The highest BCUT2D eigenvalue weighted by molar-refractivity contribution is 5.95. The second-order valence-electron chi connectivity index (χ2n) is 4.56. The van der Waals surface area contributed by atoms with Gasteiger partial charge in [-0.1, -0.05) is 18.2 Å². The molecular formula is C16H15NO2. The Bertz CT molecular complexity index is 563. The number of carbonyl (C=O) groups is 1. The lowest BCUT2D eigenvalue weighted by molar-refractivity contribution is -0.117. The summed E-state index contributed by atoms with van der Waals surface area (Å²) in [6, 6.07) is 17.3. The second-order valence-corrected chi connectivity index (χ2v) is 4.56. The number of anilines is 1. The number of ether oxygens (including phenoxy) is 1. The zero-order valence-corrected chi connectivity index (χ0v) is 10.6. The SMILES string of the molecule is O=C1CCCN1c1ccc(Oc2ccccc2)cc1. The molecule has 1 aliphatic heterocycles. The zero-order chi connectivity index (χ0) is 13.1. The van der Waals surface area contributed by atoms with E-state index >= 15 is 0 Å². The number of hydrogen-bond donors (Lipinski definition) is 0. The highest BCUT2D eigenvalue weighted by Crippen LogP contribution is 2.26. The van der Waals surface area contributed by atoms with Crippen molar-refractivity contribution in [3.05, 3.63) is 54.6 Å². The van der Waals surface area contributed by atoms with Gasteiger partial charge in [0.1, 0.15) is 11.5 Å². The summed E-state index contributed by atoms with van der Waals surface area (Å²) in [6.45, 7) is 0.817. The summed E-state index contributed by atoms with van der Waals surface area (Å²) in [5.41, 5.74) is 0.947. The quantitative estimate of drug-likeness (QED) is 0.836. The largest absolute Gasteiger partial charge is 0.457 e. The first kappa shape index (κ1) is 11.8. The van der Waals surface area contributed by atoms with E-state index in [1.54, 1.807) is 0 Å². The molecule has 0 aliphatic carbocycles. The molecule has 3 rings (SSSR count). The summed E-state index contributed by atoms with van der Waals surface area (Å²) >= 11 is 0. The van der Waals surface area contributed by atoms with Crippen LogP contribution in [0.25, 0.3) is 0 Å². The van der Waals surface area contributed by atoms with Gasteiger partial charge in [0.15, 0.2) is 0 Å². The average Bonchev–Trinajstić information content (AvgIpc) is 2.87. The number of benzene rings is 2. The Morgan fingerprint density at radius 2 is 1.58 bits per heavy atom. The molecule has 1 aliphatic rings. The van der Waals surface area contributed by atoms with Gasteiger partial charge in [-0.3, -0.25) is 4.79 Å². The maximum Gasteiger partial charge on any atom is 0.227 e. The van der Waals surface area contributed by atoms with Crippen molar-refractivity contribution >= 4 is 11.6 Å². The van der Waals surface area contributed by atoms with Gasteiger partial charge in [0.05, 0.1) is 0 Å². The third-order valence-electron chi connectivity index (χ3n) is 3.20. The Labute approximate surface area is 112 Å². The summed E-state index contributed by atoms with van der Waals surface area (Å²) in [6.07, 6.45) is 1.60. The standard InChI is InChI=1S/C16H15NO2/c18-16-7-4-12-17(16)13-8-10-15(11-9-13)19-14-5-2-1-3-6-14/h1-3,5-6,8-11H,4,7,12H2. The minimum absolute atomic E-state index is 0.205. The minimum atomic E-state index is 0.205. The summed E-state index contributed by atoms with van der Waals surface area (Å²) in [4.78, 5) is 13.5. The smallest absolute Gasteiger partial charge is 0.227 e. The Kier molecular flexibility index (Phi) is 3.19. The Morgan fingerprint density at radius 1 is 0.895 bits per heavy atom. The van der Waals surface area contributed by atoms with Gasteiger partial charge in [-0.15, -0.1) is 0 Å². The third-order valence-corrected chi connectivity index (χ3v) is 3.20. The normalized spacial score (nSPS) is 14.7. The zero-order valence-electron chi connectivity index (χ0n) is 10.6. The molecule has 0 spiro atoms. The van der Waals surface area contributed by atoms with Crippen molar-refractivity contribution in [2.45, 2.75) is 12.8 Å². The monoisotopic (exact) mass is 253 g/mol. The van der Waals surface area contributed by atoms with Crippen LogP contribution in [-0.4, -0.2) is 12.5 Å². The van der Waals surface area contributed by atoms with E-state index in [9.17, 15) is 4.79 Å². The second kappa shape index (κ2) is 5.14. The van der Waals surface area contributed by atoms with Gasteiger partial charge >= 0.3 is 0 Å². The van der Waals surface area contributed by atoms with Gasteiger partial charge in [0.25, 0.3) is 0 Å². The molecule has 1 heterocycles. The highest BCUT2D eigenvalue weighted by atomic mass is 16.5. The molecule has 19 heavy (non-hydrogen) atoms. The van der Waals surface area contributed by atoms with E-state index in [-0.39, 0.29) is 5.91 Å². The molecule has 0 unspecified atom stereocenters. The first-order valence-electron chi connectivity index (χ1n) is 6.46. The van der Waals surface area contributed by atoms with Crippen molar-refractivity contribution in [1.82, 2.24) is 0 Å². The average molecular weight is 253 g/mol. The van der Waals surface area contributed by atoms with E-state index < -0.39 is 0 Å². The van der Waals surface area contributed by atoms with Crippen LogP contribution in [0, 0.1) is 0 Å². The molecule has 0 atom stereocenters. The van der Waals surface area contributed by atoms with Crippen LogP contribution in [0.1, 0.15) is 12.8 Å².